The van der Waals surface area contributed by atoms with Gasteiger partial charge in [0.2, 0.25) is 0 Å². The third kappa shape index (κ3) is 5.33. The van der Waals surface area contributed by atoms with Crippen LogP contribution in [0.15, 0.2) is 22.8 Å². The maximum atomic E-state index is 5.62. The van der Waals surface area contributed by atoms with Crippen LogP contribution in [0.1, 0.15) is 32.1 Å². The second-order valence-corrected chi connectivity index (χ2v) is 11.1. The van der Waals surface area contributed by atoms with Gasteiger partial charge in [0.25, 0.3) is 0 Å². The fourth-order valence-corrected chi connectivity index (χ4v) is 5.29. The van der Waals surface area contributed by atoms with Crippen molar-refractivity contribution in [2.45, 2.75) is 51.2 Å². The van der Waals surface area contributed by atoms with E-state index in [1.807, 2.05) is 17.2 Å². The molecule has 1 fully saturated rings. The largest absolute Gasteiger partial charge is 1.00 e. The third-order valence-electron chi connectivity index (χ3n) is 4.33. The first-order valence-electron chi connectivity index (χ1n) is 7.56. The van der Waals surface area contributed by atoms with Gasteiger partial charge in [-0.25, -0.2) is 0 Å². The van der Waals surface area contributed by atoms with E-state index in [0.29, 0.717) is 0 Å². The molecule has 0 atom stereocenters. The van der Waals surface area contributed by atoms with Crippen molar-refractivity contribution in [2.24, 2.45) is 0 Å². The first kappa shape index (κ1) is 16.8. The van der Waals surface area contributed by atoms with Crippen molar-refractivity contribution < 1.29 is 21.7 Å². The van der Waals surface area contributed by atoms with E-state index in [1.165, 1.54) is 63.2 Å². The standard InChI is InChI=1S/C15H27NOSi.ClH/c1-18(2,15-9-7-13-17-15)14-8-12-16-10-5-3-4-6-11-16;/h7,9,13H,3-6,8,10-12,14H2,1-2H3;1H. The van der Waals surface area contributed by atoms with Crippen LogP contribution in [-0.2, 0) is 0 Å². The molecule has 1 aliphatic rings. The Balaban J connectivity index is 0.00000180. The van der Waals surface area contributed by atoms with Crippen LogP contribution in [0.25, 0.3) is 0 Å². The molecule has 1 saturated heterocycles. The Kier molecular flexibility index (Phi) is 7.19. The predicted octanol–water partition coefficient (Wildman–Crippen LogP) is -0.952. The minimum absolute atomic E-state index is 0. The molecule has 0 saturated carbocycles. The highest BCUT2D eigenvalue weighted by molar-refractivity contribution is 6.88. The number of quaternary nitrogens is 1. The molecule has 0 amide bonds. The van der Waals surface area contributed by atoms with Gasteiger partial charge >= 0.3 is 0 Å². The van der Waals surface area contributed by atoms with Crippen LogP contribution >= 0.6 is 0 Å². The number of hydrogen-bond donors (Lipinski definition) is 1. The Hall–Kier alpha value is -0.253. The molecular weight excluding hydrogens is 274 g/mol. The highest BCUT2D eigenvalue weighted by atomic mass is 35.5. The summed E-state index contributed by atoms with van der Waals surface area (Å²) < 4.78 is 5.62. The molecule has 1 aromatic rings. The van der Waals surface area contributed by atoms with E-state index in [1.54, 1.807) is 0 Å². The van der Waals surface area contributed by atoms with Crippen LogP contribution in [0, 0.1) is 0 Å². The zero-order valence-electron chi connectivity index (χ0n) is 12.4. The molecule has 0 spiro atoms. The second kappa shape index (κ2) is 8.13. The van der Waals surface area contributed by atoms with Gasteiger partial charge in [-0.05, 0) is 50.3 Å². The van der Waals surface area contributed by atoms with Gasteiger partial charge in [-0.1, -0.05) is 13.1 Å². The molecule has 0 radical (unpaired) electrons. The minimum Gasteiger partial charge on any atom is -1.00 e. The molecule has 19 heavy (non-hydrogen) atoms. The highest BCUT2D eigenvalue weighted by Crippen LogP contribution is 2.12. The maximum absolute atomic E-state index is 5.62. The zero-order chi connectivity index (χ0) is 12.8. The smallest absolute Gasteiger partial charge is 0.126 e. The number of furan rings is 1. The minimum atomic E-state index is -1.30. The zero-order valence-corrected chi connectivity index (χ0v) is 14.1. The summed E-state index contributed by atoms with van der Waals surface area (Å²) in [6.07, 6.45) is 8.98. The normalized spacial score (nSPS) is 17.8. The summed E-state index contributed by atoms with van der Waals surface area (Å²) in [5.74, 6) is 0. The average molecular weight is 302 g/mol. The van der Waals surface area contributed by atoms with E-state index < -0.39 is 8.07 Å². The molecule has 0 aromatic carbocycles. The summed E-state index contributed by atoms with van der Waals surface area (Å²) >= 11 is 0. The van der Waals surface area contributed by atoms with Crippen LogP contribution < -0.4 is 22.7 Å². The van der Waals surface area contributed by atoms with Crippen LogP contribution in [0.2, 0.25) is 19.1 Å². The van der Waals surface area contributed by atoms with Crippen molar-refractivity contribution in [1.82, 2.24) is 0 Å². The summed E-state index contributed by atoms with van der Waals surface area (Å²) in [7, 11) is -1.30. The lowest BCUT2D eigenvalue weighted by molar-refractivity contribution is -0.899. The Bertz CT molecular complexity index is 332. The van der Waals surface area contributed by atoms with Gasteiger partial charge in [0.05, 0.1) is 31.3 Å². The molecule has 0 aliphatic carbocycles. The number of halogens is 1. The summed E-state index contributed by atoms with van der Waals surface area (Å²) in [6, 6.07) is 5.57. The van der Waals surface area contributed by atoms with Crippen molar-refractivity contribution >= 4 is 13.5 Å². The first-order chi connectivity index (χ1) is 8.68. The molecule has 4 heteroatoms. The van der Waals surface area contributed by atoms with Gasteiger partial charge in [-0.3, -0.25) is 0 Å². The Morgan fingerprint density at radius 3 is 2.42 bits per heavy atom. The lowest BCUT2D eigenvalue weighted by Gasteiger charge is -2.22. The Morgan fingerprint density at radius 1 is 1.16 bits per heavy atom. The van der Waals surface area contributed by atoms with Crippen molar-refractivity contribution in [2.75, 3.05) is 19.6 Å². The van der Waals surface area contributed by atoms with Crippen LogP contribution in [0.3, 0.4) is 0 Å². The van der Waals surface area contributed by atoms with Crippen LogP contribution in [-0.4, -0.2) is 27.7 Å². The van der Waals surface area contributed by atoms with E-state index in [0.717, 1.165) is 0 Å². The third-order valence-corrected chi connectivity index (χ3v) is 7.55. The molecule has 1 N–H and O–H groups in total. The SMILES string of the molecule is C[Si](C)(CCC[NH+]1CCCCCC1)c1ccco1.[Cl-]. The second-order valence-electron chi connectivity index (χ2n) is 6.38. The van der Waals surface area contributed by atoms with Crippen LogP contribution in [0.5, 0.6) is 0 Å². The van der Waals surface area contributed by atoms with Gasteiger partial charge in [0.15, 0.2) is 0 Å². The quantitative estimate of drug-likeness (QED) is 0.694. The lowest BCUT2D eigenvalue weighted by Crippen LogP contribution is -3.11. The van der Waals surface area contributed by atoms with Gasteiger partial charge in [0.1, 0.15) is 8.07 Å². The summed E-state index contributed by atoms with van der Waals surface area (Å²) in [6.45, 7) is 9.05. The molecular formula is C15H28ClNOSi. The van der Waals surface area contributed by atoms with E-state index in [9.17, 15) is 0 Å². The molecule has 2 rings (SSSR count). The van der Waals surface area contributed by atoms with E-state index in [2.05, 4.69) is 19.2 Å². The van der Waals surface area contributed by atoms with Gasteiger partial charge in [0, 0.05) is 0 Å². The van der Waals surface area contributed by atoms with E-state index in [4.69, 9.17) is 4.42 Å². The van der Waals surface area contributed by atoms with Crippen molar-refractivity contribution in [3.63, 3.8) is 0 Å². The Morgan fingerprint density at radius 2 is 1.84 bits per heavy atom. The molecule has 2 nitrogen and oxygen atoms in total. The van der Waals surface area contributed by atoms with Gasteiger partial charge in [-0.15, -0.1) is 0 Å². The van der Waals surface area contributed by atoms with Gasteiger partial charge in [-0.2, -0.15) is 0 Å². The average Bonchev–Trinajstić information content (AvgIpc) is 2.76. The topological polar surface area (TPSA) is 17.6 Å². The van der Waals surface area contributed by atoms with Crippen molar-refractivity contribution in [1.29, 1.82) is 0 Å². The van der Waals surface area contributed by atoms with E-state index in [-0.39, 0.29) is 12.4 Å². The number of rotatable bonds is 5. The first-order valence-corrected chi connectivity index (χ1v) is 10.8. The monoisotopic (exact) mass is 301 g/mol. The predicted molar refractivity (Wildman–Crippen MR) is 79.3 cm³/mol. The fourth-order valence-electron chi connectivity index (χ4n) is 3.05. The highest BCUT2D eigenvalue weighted by Gasteiger charge is 2.26. The number of likely N-dealkylation sites (tertiary alicyclic amines) is 1. The summed E-state index contributed by atoms with van der Waals surface area (Å²) in [5.41, 5.74) is 0. The molecule has 1 aliphatic heterocycles. The molecule has 0 unspecified atom stereocenters. The van der Waals surface area contributed by atoms with Crippen molar-refractivity contribution in [3.05, 3.63) is 18.4 Å². The molecule has 1 aromatic heterocycles. The molecule has 2 heterocycles. The van der Waals surface area contributed by atoms with E-state index >= 15 is 0 Å². The summed E-state index contributed by atoms with van der Waals surface area (Å²) in [5, 5.41) is 1.27. The van der Waals surface area contributed by atoms with Gasteiger partial charge < -0.3 is 21.7 Å². The lowest BCUT2D eigenvalue weighted by atomic mass is 10.2. The molecule has 0 bridgehead atoms. The Labute approximate surface area is 125 Å². The van der Waals surface area contributed by atoms with Crippen LogP contribution in [0.4, 0.5) is 0 Å². The van der Waals surface area contributed by atoms with Crippen molar-refractivity contribution in [3.8, 4) is 0 Å². The number of nitrogens with one attached hydrogen (secondary N) is 1. The fraction of sp³-hybridized carbons (Fsp3) is 0.733. The molecule has 110 valence electrons. The number of hydrogen-bond acceptors (Lipinski definition) is 1. The summed E-state index contributed by atoms with van der Waals surface area (Å²) in [4.78, 5) is 1.84. The maximum Gasteiger partial charge on any atom is 0.126 e.